The first-order valence-corrected chi connectivity index (χ1v) is 8.40. The van der Waals surface area contributed by atoms with Crippen molar-refractivity contribution < 1.29 is 0 Å². The van der Waals surface area contributed by atoms with Crippen LogP contribution in [-0.2, 0) is 0 Å². The van der Waals surface area contributed by atoms with E-state index in [9.17, 15) is 0 Å². The molecular weight excluding hydrogens is 260 g/mol. The van der Waals surface area contributed by atoms with Crippen LogP contribution in [-0.4, -0.2) is 4.83 Å². The number of hydrogen-bond acceptors (Lipinski definition) is 0. The van der Waals surface area contributed by atoms with Gasteiger partial charge in [-0.2, -0.15) is 0 Å². The molecule has 1 saturated carbocycles. The summed E-state index contributed by atoms with van der Waals surface area (Å²) in [6.45, 7) is 2.29. The number of hydrogen-bond donors (Lipinski definition) is 0. The predicted octanol–water partition coefficient (Wildman–Crippen LogP) is 6.08. The Kier molecular flexibility index (Phi) is 8.64. The summed E-state index contributed by atoms with van der Waals surface area (Å²) in [5, 5.41) is 0. The van der Waals surface area contributed by atoms with Crippen LogP contribution in [0.25, 0.3) is 0 Å². The van der Waals surface area contributed by atoms with E-state index < -0.39 is 0 Å². The molecule has 0 amide bonds. The van der Waals surface area contributed by atoms with Gasteiger partial charge in [0.25, 0.3) is 0 Å². The lowest BCUT2D eigenvalue weighted by Crippen LogP contribution is -2.12. The normalized spacial score (nSPS) is 26.6. The average molecular weight is 289 g/mol. The molecule has 0 aliphatic heterocycles. The highest BCUT2D eigenvalue weighted by Crippen LogP contribution is 2.32. The molecule has 2 atom stereocenters. The molecule has 0 nitrogen and oxygen atoms in total. The van der Waals surface area contributed by atoms with Gasteiger partial charge in [0.2, 0.25) is 0 Å². The van der Waals surface area contributed by atoms with Gasteiger partial charge in [0.1, 0.15) is 0 Å². The van der Waals surface area contributed by atoms with Crippen LogP contribution >= 0.6 is 15.9 Å². The minimum atomic E-state index is 0.825. The zero-order chi connectivity index (χ0) is 11.6. The van der Waals surface area contributed by atoms with Crippen molar-refractivity contribution in [2.75, 3.05) is 0 Å². The monoisotopic (exact) mass is 288 g/mol. The molecule has 0 aromatic rings. The van der Waals surface area contributed by atoms with Crippen LogP contribution in [0.2, 0.25) is 0 Å². The van der Waals surface area contributed by atoms with Crippen molar-refractivity contribution in [3.63, 3.8) is 0 Å². The second-order valence-electron chi connectivity index (χ2n) is 5.47. The van der Waals surface area contributed by atoms with Crippen LogP contribution in [0.15, 0.2) is 0 Å². The Morgan fingerprint density at radius 1 is 0.875 bits per heavy atom. The highest BCUT2D eigenvalue weighted by Gasteiger charge is 2.20. The van der Waals surface area contributed by atoms with E-state index >= 15 is 0 Å². The standard InChI is InChI=1S/C15H29Br/c1-2-3-4-5-6-8-11-14-12-9-7-10-13-15(14)16/h14-15H,2-13H2,1H3. The third-order valence-corrected chi connectivity index (χ3v) is 5.20. The first kappa shape index (κ1) is 14.5. The molecule has 96 valence electrons. The maximum Gasteiger partial charge on any atom is 0.0174 e. The molecular formula is C15H29Br. The van der Waals surface area contributed by atoms with Crippen LogP contribution in [0, 0.1) is 5.92 Å². The molecule has 0 aromatic heterocycles. The lowest BCUT2D eigenvalue weighted by molar-refractivity contribution is 0.418. The van der Waals surface area contributed by atoms with Crippen LogP contribution in [0.1, 0.15) is 84.0 Å². The molecule has 1 rings (SSSR count). The number of rotatable bonds is 7. The van der Waals surface area contributed by atoms with Gasteiger partial charge in [-0.25, -0.2) is 0 Å². The summed E-state index contributed by atoms with van der Waals surface area (Å²) in [6.07, 6.45) is 17.4. The number of halogens is 1. The van der Waals surface area contributed by atoms with E-state index in [0.717, 1.165) is 10.7 Å². The van der Waals surface area contributed by atoms with E-state index in [1.807, 2.05) is 0 Å². The largest absolute Gasteiger partial charge is 0.0888 e. The Hall–Kier alpha value is 0.480. The van der Waals surface area contributed by atoms with Gasteiger partial charge >= 0.3 is 0 Å². The van der Waals surface area contributed by atoms with Crippen molar-refractivity contribution in [2.24, 2.45) is 5.92 Å². The van der Waals surface area contributed by atoms with E-state index in [1.54, 1.807) is 0 Å². The lowest BCUT2D eigenvalue weighted by atomic mass is 9.93. The summed E-state index contributed by atoms with van der Waals surface area (Å²) < 4.78 is 0. The molecule has 1 aliphatic carbocycles. The highest BCUT2D eigenvalue weighted by molar-refractivity contribution is 9.09. The molecule has 0 N–H and O–H groups in total. The summed E-state index contributed by atoms with van der Waals surface area (Å²) >= 11 is 3.90. The van der Waals surface area contributed by atoms with Crippen LogP contribution < -0.4 is 0 Å². The summed E-state index contributed by atoms with van der Waals surface area (Å²) in [5.74, 6) is 0.980. The van der Waals surface area contributed by atoms with Crippen molar-refractivity contribution in [3.8, 4) is 0 Å². The Morgan fingerprint density at radius 2 is 1.56 bits per heavy atom. The summed E-state index contributed by atoms with van der Waals surface area (Å²) in [4.78, 5) is 0.825. The Labute approximate surface area is 111 Å². The smallest absolute Gasteiger partial charge is 0.0174 e. The van der Waals surface area contributed by atoms with Crippen LogP contribution in [0.5, 0.6) is 0 Å². The predicted molar refractivity (Wildman–Crippen MR) is 77.3 cm³/mol. The van der Waals surface area contributed by atoms with Gasteiger partial charge in [0.05, 0.1) is 0 Å². The van der Waals surface area contributed by atoms with Gasteiger partial charge in [-0.3, -0.25) is 0 Å². The number of unbranched alkanes of at least 4 members (excludes halogenated alkanes) is 5. The van der Waals surface area contributed by atoms with E-state index in [0.29, 0.717) is 0 Å². The molecule has 1 heteroatoms. The summed E-state index contributed by atoms with van der Waals surface area (Å²) in [7, 11) is 0. The lowest BCUT2D eigenvalue weighted by Gasteiger charge is -2.19. The minimum Gasteiger partial charge on any atom is -0.0888 e. The summed E-state index contributed by atoms with van der Waals surface area (Å²) in [5.41, 5.74) is 0. The van der Waals surface area contributed by atoms with Gasteiger partial charge < -0.3 is 0 Å². The molecule has 0 aromatic carbocycles. The second-order valence-corrected chi connectivity index (χ2v) is 6.65. The van der Waals surface area contributed by atoms with Crippen molar-refractivity contribution in [3.05, 3.63) is 0 Å². The summed E-state index contributed by atoms with van der Waals surface area (Å²) in [6, 6.07) is 0. The van der Waals surface area contributed by atoms with E-state index in [-0.39, 0.29) is 0 Å². The van der Waals surface area contributed by atoms with Crippen molar-refractivity contribution in [2.45, 2.75) is 88.8 Å². The fraction of sp³-hybridized carbons (Fsp3) is 1.00. The van der Waals surface area contributed by atoms with Crippen molar-refractivity contribution in [1.82, 2.24) is 0 Å². The van der Waals surface area contributed by atoms with Crippen LogP contribution in [0.4, 0.5) is 0 Å². The van der Waals surface area contributed by atoms with Crippen LogP contribution in [0.3, 0.4) is 0 Å². The van der Waals surface area contributed by atoms with Gasteiger partial charge in [0, 0.05) is 4.83 Å². The first-order valence-electron chi connectivity index (χ1n) is 7.48. The Morgan fingerprint density at radius 3 is 2.38 bits per heavy atom. The zero-order valence-electron chi connectivity index (χ0n) is 11.0. The molecule has 16 heavy (non-hydrogen) atoms. The van der Waals surface area contributed by atoms with Gasteiger partial charge in [-0.1, -0.05) is 80.6 Å². The van der Waals surface area contributed by atoms with Gasteiger partial charge in [-0.15, -0.1) is 0 Å². The fourth-order valence-electron chi connectivity index (χ4n) is 2.85. The Bertz CT molecular complexity index is 156. The highest BCUT2D eigenvalue weighted by atomic mass is 79.9. The molecule has 0 saturated heterocycles. The molecule has 1 aliphatic rings. The molecule has 2 unspecified atom stereocenters. The number of alkyl halides is 1. The fourth-order valence-corrected chi connectivity index (χ4v) is 3.70. The molecule has 0 radical (unpaired) electrons. The molecule has 0 spiro atoms. The Balaban J connectivity index is 2.01. The van der Waals surface area contributed by atoms with Crippen molar-refractivity contribution in [1.29, 1.82) is 0 Å². The maximum absolute atomic E-state index is 3.90. The third-order valence-electron chi connectivity index (χ3n) is 3.99. The second kappa shape index (κ2) is 9.50. The van der Waals surface area contributed by atoms with E-state index in [4.69, 9.17) is 0 Å². The first-order chi connectivity index (χ1) is 7.84. The van der Waals surface area contributed by atoms with Crippen molar-refractivity contribution >= 4 is 15.9 Å². The van der Waals surface area contributed by atoms with E-state index in [2.05, 4.69) is 22.9 Å². The minimum absolute atomic E-state index is 0.825. The SMILES string of the molecule is CCCCCCCCC1CCCCCC1Br. The maximum atomic E-state index is 3.90. The average Bonchev–Trinajstić information content (AvgIpc) is 2.49. The topological polar surface area (TPSA) is 0 Å². The molecule has 0 bridgehead atoms. The quantitative estimate of drug-likeness (QED) is 0.302. The molecule has 1 fully saturated rings. The molecule has 0 heterocycles. The van der Waals surface area contributed by atoms with Gasteiger partial charge in [-0.05, 0) is 25.2 Å². The van der Waals surface area contributed by atoms with E-state index in [1.165, 1.54) is 77.0 Å². The zero-order valence-corrected chi connectivity index (χ0v) is 12.6. The third kappa shape index (κ3) is 6.27. The van der Waals surface area contributed by atoms with Gasteiger partial charge in [0.15, 0.2) is 0 Å².